The molecule has 3 nitrogen and oxygen atoms in total. The van der Waals surface area contributed by atoms with Crippen molar-refractivity contribution in [3.05, 3.63) is 35.9 Å². The number of benzene rings is 1. The minimum Gasteiger partial charge on any atom is -0.466 e. The molecule has 0 atom stereocenters. The van der Waals surface area contributed by atoms with E-state index in [1.165, 1.54) is 12.5 Å². The molecule has 0 radical (unpaired) electrons. The molecule has 0 saturated carbocycles. The molecule has 0 aromatic heterocycles. The van der Waals surface area contributed by atoms with Crippen LogP contribution in [-0.2, 0) is 9.53 Å². The van der Waals surface area contributed by atoms with E-state index in [1.807, 2.05) is 18.2 Å². The first-order valence-corrected chi connectivity index (χ1v) is 5.34. The monoisotopic (exact) mass is 226 g/mol. The van der Waals surface area contributed by atoms with Gasteiger partial charge in [-0.1, -0.05) is 35.9 Å². The van der Waals surface area contributed by atoms with Gasteiger partial charge in [-0.2, -0.15) is 0 Å². The maximum Gasteiger partial charge on any atom is 0.302 e. The number of aliphatic hydroxyl groups excluding tert-OH is 1. The topological polar surface area (TPSA) is 46.5 Å². The van der Waals surface area contributed by atoms with E-state index in [-0.39, 0.29) is 12.6 Å². The first kappa shape index (κ1) is 17.1. The van der Waals surface area contributed by atoms with Gasteiger partial charge in [-0.05, 0) is 20.8 Å². The molecule has 1 N–H and O–H groups in total. The quantitative estimate of drug-likeness (QED) is 0.749. The molecular formula is C13H22O3. The molecule has 0 spiro atoms. The van der Waals surface area contributed by atoms with Gasteiger partial charge in [0.05, 0.1) is 6.61 Å². The summed E-state index contributed by atoms with van der Waals surface area (Å²) in [6.07, 6.45) is 0. The Morgan fingerprint density at radius 2 is 1.69 bits per heavy atom. The smallest absolute Gasteiger partial charge is 0.302 e. The second kappa shape index (κ2) is 13.7. The molecule has 0 heterocycles. The summed E-state index contributed by atoms with van der Waals surface area (Å²) in [5.74, 6) is -0.211. The molecule has 0 fully saturated rings. The van der Waals surface area contributed by atoms with Crippen LogP contribution in [-0.4, -0.2) is 24.3 Å². The number of carbonyl (C=O) groups excluding carboxylic acids is 1. The third kappa shape index (κ3) is 18.4. The molecule has 0 aliphatic rings. The molecule has 0 bridgehead atoms. The molecule has 1 rings (SSSR count). The number of hydrogen-bond donors (Lipinski definition) is 1. The highest BCUT2D eigenvalue weighted by atomic mass is 16.5. The molecule has 0 saturated heterocycles. The number of hydrogen-bond acceptors (Lipinski definition) is 3. The van der Waals surface area contributed by atoms with Crippen LogP contribution in [0.4, 0.5) is 0 Å². The molecule has 3 heteroatoms. The Morgan fingerprint density at radius 1 is 1.25 bits per heavy atom. The highest BCUT2D eigenvalue weighted by Gasteiger charge is 1.81. The van der Waals surface area contributed by atoms with Crippen molar-refractivity contribution < 1.29 is 14.6 Å². The molecule has 0 aliphatic carbocycles. The second-order valence-corrected chi connectivity index (χ2v) is 2.90. The van der Waals surface area contributed by atoms with Gasteiger partial charge in [-0.3, -0.25) is 4.79 Å². The zero-order valence-corrected chi connectivity index (χ0v) is 10.6. The lowest BCUT2D eigenvalue weighted by molar-refractivity contribution is -0.140. The van der Waals surface area contributed by atoms with Crippen molar-refractivity contribution in [2.24, 2.45) is 0 Å². The predicted molar refractivity (Wildman–Crippen MR) is 66.2 cm³/mol. The lowest BCUT2D eigenvalue weighted by atomic mass is 10.2. The van der Waals surface area contributed by atoms with Crippen LogP contribution in [0.25, 0.3) is 0 Å². The maximum atomic E-state index is 9.82. The van der Waals surface area contributed by atoms with Gasteiger partial charge in [0.1, 0.15) is 0 Å². The zero-order chi connectivity index (χ0) is 12.8. The van der Waals surface area contributed by atoms with Crippen LogP contribution in [0.5, 0.6) is 0 Å². The predicted octanol–water partition coefficient (Wildman–Crippen LogP) is 2.56. The van der Waals surface area contributed by atoms with Crippen LogP contribution in [0.1, 0.15) is 26.3 Å². The third-order valence-corrected chi connectivity index (χ3v) is 1.29. The molecule has 0 unspecified atom stereocenters. The number of carbonyl (C=O) groups is 1. The number of rotatable bonds is 1. The number of aliphatic hydroxyl groups is 1. The molecular weight excluding hydrogens is 204 g/mol. The molecule has 0 aliphatic heterocycles. The fourth-order valence-electron chi connectivity index (χ4n) is 0.738. The lowest BCUT2D eigenvalue weighted by Crippen LogP contribution is -1.95. The van der Waals surface area contributed by atoms with Crippen molar-refractivity contribution in [1.29, 1.82) is 0 Å². The zero-order valence-electron chi connectivity index (χ0n) is 10.6. The molecule has 1 aromatic carbocycles. The van der Waals surface area contributed by atoms with Gasteiger partial charge in [0.15, 0.2) is 0 Å². The van der Waals surface area contributed by atoms with Crippen LogP contribution < -0.4 is 0 Å². The van der Waals surface area contributed by atoms with Crippen molar-refractivity contribution in [3.63, 3.8) is 0 Å². The fraction of sp³-hybridized carbons (Fsp3) is 0.462. The normalized spacial score (nSPS) is 7.81. The Kier molecular flexibility index (Phi) is 14.6. The van der Waals surface area contributed by atoms with Crippen molar-refractivity contribution in [2.45, 2.75) is 27.7 Å². The Bertz CT molecular complexity index is 245. The van der Waals surface area contributed by atoms with Gasteiger partial charge < -0.3 is 9.84 Å². The summed E-state index contributed by atoms with van der Waals surface area (Å²) in [5.41, 5.74) is 1.32. The largest absolute Gasteiger partial charge is 0.466 e. The van der Waals surface area contributed by atoms with Gasteiger partial charge in [0.25, 0.3) is 0 Å². The van der Waals surface area contributed by atoms with Crippen LogP contribution in [0.2, 0.25) is 0 Å². The third-order valence-electron chi connectivity index (χ3n) is 1.29. The van der Waals surface area contributed by atoms with E-state index in [4.69, 9.17) is 5.11 Å². The summed E-state index contributed by atoms with van der Waals surface area (Å²) >= 11 is 0. The van der Waals surface area contributed by atoms with Crippen molar-refractivity contribution >= 4 is 5.97 Å². The highest BCUT2D eigenvalue weighted by Crippen LogP contribution is 1.92. The SMILES string of the molecule is CCO.CCOC(C)=O.Cc1ccccc1. The average molecular weight is 226 g/mol. The van der Waals surface area contributed by atoms with E-state index >= 15 is 0 Å². The van der Waals surface area contributed by atoms with Gasteiger partial charge in [0, 0.05) is 13.5 Å². The Balaban J connectivity index is 0. The summed E-state index contributed by atoms with van der Waals surface area (Å²) < 4.78 is 4.40. The van der Waals surface area contributed by atoms with E-state index in [1.54, 1.807) is 13.8 Å². The molecule has 1 aromatic rings. The number of esters is 1. The fourth-order valence-corrected chi connectivity index (χ4v) is 0.738. The summed E-state index contributed by atoms with van der Waals surface area (Å²) in [4.78, 5) is 9.82. The van der Waals surface area contributed by atoms with Gasteiger partial charge in [-0.15, -0.1) is 0 Å². The minimum atomic E-state index is -0.211. The van der Waals surface area contributed by atoms with Crippen molar-refractivity contribution in [2.75, 3.05) is 13.2 Å². The van der Waals surface area contributed by atoms with Gasteiger partial charge in [-0.25, -0.2) is 0 Å². The van der Waals surface area contributed by atoms with Crippen molar-refractivity contribution in [1.82, 2.24) is 0 Å². The number of ether oxygens (including phenoxy) is 1. The summed E-state index contributed by atoms with van der Waals surface area (Å²) in [7, 11) is 0. The molecule has 92 valence electrons. The second-order valence-electron chi connectivity index (χ2n) is 2.90. The van der Waals surface area contributed by atoms with Crippen LogP contribution in [0.3, 0.4) is 0 Å². The minimum absolute atomic E-state index is 0.211. The first-order chi connectivity index (χ1) is 7.58. The molecule has 0 amide bonds. The highest BCUT2D eigenvalue weighted by molar-refractivity contribution is 5.65. The van der Waals surface area contributed by atoms with Crippen LogP contribution >= 0.6 is 0 Å². The Morgan fingerprint density at radius 3 is 1.81 bits per heavy atom. The maximum absolute atomic E-state index is 9.82. The molecule has 16 heavy (non-hydrogen) atoms. The average Bonchev–Trinajstić information content (AvgIpc) is 2.20. The van der Waals surface area contributed by atoms with Crippen LogP contribution in [0, 0.1) is 6.92 Å². The van der Waals surface area contributed by atoms with Crippen molar-refractivity contribution in [3.8, 4) is 0 Å². The van der Waals surface area contributed by atoms with E-state index in [0.29, 0.717) is 6.61 Å². The van der Waals surface area contributed by atoms with E-state index in [0.717, 1.165) is 0 Å². The van der Waals surface area contributed by atoms with E-state index in [9.17, 15) is 4.79 Å². The van der Waals surface area contributed by atoms with Crippen LogP contribution in [0.15, 0.2) is 30.3 Å². The summed E-state index contributed by atoms with van der Waals surface area (Å²) in [6, 6.07) is 10.3. The first-order valence-electron chi connectivity index (χ1n) is 5.34. The summed E-state index contributed by atoms with van der Waals surface area (Å²) in [5, 5.41) is 7.57. The Hall–Kier alpha value is -1.35. The summed E-state index contributed by atoms with van der Waals surface area (Å²) in [6.45, 7) is 7.67. The van der Waals surface area contributed by atoms with E-state index in [2.05, 4.69) is 23.8 Å². The lowest BCUT2D eigenvalue weighted by Gasteiger charge is -1.89. The number of aryl methyl sites for hydroxylation is 1. The van der Waals surface area contributed by atoms with E-state index < -0.39 is 0 Å². The Labute approximate surface area is 98.1 Å². The van der Waals surface area contributed by atoms with Gasteiger partial charge >= 0.3 is 5.97 Å². The van der Waals surface area contributed by atoms with Gasteiger partial charge in [0.2, 0.25) is 0 Å². The standard InChI is InChI=1S/C7H8.C4H8O2.C2H6O/c1-7-5-3-2-4-6-7;1-3-6-4(2)5;1-2-3/h2-6H,1H3;3H2,1-2H3;3H,2H2,1H3.